The molecule has 0 atom stereocenters. The zero-order chi connectivity index (χ0) is 45.0. The molecule has 0 unspecified atom stereocenters. The Balaban J connectivity index is 1.12. The number of hydrogen-bond acceptors (Lipinski definition) is 2. The first-order valence-electron chi connectivity index (χ1n) is 22.7. The Morgan fingerprint density at radius 3 is 1.59 bits per heavy atom. The molecular weight excluding hydrogens is 831 g/mol. The van der Waals surface area contributed by atoms with Gasteiger partial charge in [-0.05, 0) is 107 Å². The molecule has 0 spiro atoms. The van der Waals surface area contributed by atoms with Crippen molar-refractivity contribution in [2.75, 3.05) is 0 Å². The van der Waals surface area contributed by atoms with Crippen LogP contribution in [0.2, 0.25) is 0 Å². The second kappa shape index (κ2) is 14.4. The largest absolute Gasteiger partial charge is 0.455 e. The molecule has 0 saturated carbocycles. The molecular formula is C62H35N5O. The lowest BCUT2D eigenvalue weighted by Crippen LogP contribution is -2.05. The van der Waals surface area contributed by atoms with Crippen molar-refractivity contribution in [1.82, 2.24) is 13.7 Å². The summed E-state index contributed by atoms with van der Waals surface area (Å²) in [6.07, 6.45) is 0. The molecule has 0 fully saturated rings. The summed E-state index contributed by atoms with van der Waals surface area (Å²) in [6.45, 7) is 8.80. The lowest BCUT2D eigenvalue weighted by Gasteiger charge is -2.19. The van der Waals surface area contributed by atoms with E-state index in [1.165, 1.54) is 10.8 Å². The van der Waals surface area contributed by atoms with E-state index in [1.807, 2.05) is 36.4 Å². The first-order valence-corrected chi connectivity index (χ1v) is 22.7. The third-order valence-electron chi connectivity index (χ3n) is 13.9. The molecule has 0 aliphatic carbocycles. The van der Waals surface area contributed by atoms with E-state index in [9.17, 15) is 5.26 Å². The summed E-state index contributed by atoms with van der Waals surface area (Å²) in [4.78, 5) is 4.24. The fourth-order valence-corrected chi connectivity index (χ4v) is 10.9. The summed E-state index contributed by atoms with van der Waals surface area (Å²) in [6, 6.07) is 76.5. The Morgan fingerprint density at radius 1 is 0.412 bits per heavy atom. The van der Waals surface area contributed by atoms with Crippen molar-refractivity contribution in [1.29, 1.82) is 5.26 Å². The van der Waals surface area contributed by atoms with Gasteiger partial charge in [-0.15, -0.1) is 0 Å². The average Bonchev–Trinajstić information content (AvgIpc) is 4.14. The normalized spacial score (nSPS) is 11.8. The van der Waals surface area contributed by atoms with E-state index in [0.717, 1.165) is 105 Å². The highest BCUT2D eigenvalue weighted by atomic mass is 16.3. The van der Waals surface area contributed by atoms with E-state index in [4.69, 9.17) is 11.0 Å². The lowest BCUT2D eigenvalue weighted by atomic mass is 10.0. The van der Waals surface area contributed by atoms with Crippen LogP contribution < -0.4 is 0 Å². The average molecular weight is 866 g/mol. The number of rotatable bonds is 5. The minimum absolute atomic E-state index is 0.374. The highest BCUT2D eigenvalue weighted by molar-refractivity contribution is 6.24. The smallest absolute Gasteiger partial charge is 0.214 e. The van der Waals surface area contributed by atoms with Crippen molar-refractivity contribution in [2.45, 2.75) is 0 Å². The summed E-state index contributed by atoms with van der Waals surface area (Å²) in [7, 11) is 0. The van der Waals surface area contributed by atoms with Gasteiger partial charge in [0.25, 0.3) is 0 Å². The number of aromatic nitrogens is 3. The van der Waals surface area contributed by atoms with Gasteiger partial charge in [0, 0.05) is 49.0 Å². The summed E-state index contributed by atoms with van der Waals surface area (Å²) in [5.41, 5.74) is 15.2. The summed E-state index contributed by atoms with van der Waals surface area (Å²) in [5.74, 6) is 0. The van der Waals surface area contributed by atoms with E-state index in [2.05, 4.69) is 194 Å². The quantitative estimate of drug-likeness (QED) is 0.162. The van der Waals surface area contributed by atoms with Crippen LogP contribution in [0.3, 0.4) is 0 Å². The minimum atomic E-state index is 0.374. The van der Waals surface area contributed by atoms with Crippen molar-refractivity contribution in [2.24, 2.45) is 0 Å². The van der Waals surface area contributed by atoms with E-state index >= 15 is 0 Å². The second-order valence-corrected chi connectivity index (χ2v) is 17.5. The van der Waals surface area contributed by atoms with Crippen LogP contribution in [0.1, 0.15) is 5.56 Å². The summed E-state index contributed by atoms with van der Waals surface area (Å²) < 4.78 is 13.7. The van der Waals surface area contributed by atoms with Gasteiger partial charge < -0.3 is 18.1 Å². The highest BCUT2D eigenvalue weighted by Gasteiger charge is 2.26. The fraction of sp³-hybridized carbons (Fsp3) is 0. The number of nitriles is 1. The predicted molar refractivity (Wildman–Crippen MR) is 279 cm³/mol. The molecule has 10 aromatic carbocycles. The second-order valence-electron chi connectivity index (χ2n) is 17.5. The molecule has 6 nitrogen and oxygen atoms in total. The van der Waals surface area contributed by atoms with Crippen molar-refractivity contribution in [3.63, 3.8) is 0 Å². The number of para-hydroxylation sites is 3. The maximum absolute atomic E-state index is 10.7. The molecule has 314 valence electrons. The lowest BCUT2D eigenvalue weighted by molar-refractivity contribution is 0.673. The van der Waals surface area contributed by atoms with Gasteiger partial charge in [0.15, 0.2) is 0 Å². The van der Waals surface area contributed by atoms with Crippen LogP contribution in [0.5, 0.6) is 0 Å². The predicted octanol–water partition coefficient (Wildman–Crippen LogP) is 16.6. The fourth-order valence-electron chi connectivity index (χ4n) is 10.9. The van der Waals surface area contributed by atoms with Crippen molar-refractivity contribution in [3.05, 3.63) is 229 Å². The van der Waals surface area contributed by atoms with E-state index in [0.29, 0.717) is 22.6 Å². The molecule has 14 rings (SSSR count). The zero-order valence-corrected chi connectivity index (χ0v) is 36.4. The molecule has 0 aliphatic heterocycles. The van der Waals surface area contributed by atoms with Crippen LogP contribution in [0, 0.1) is 17.9 Å². The van der Waals surface area contributed by atoms with Gasteiger partial charge in [-0.2, -0.15) is 5.26 Å². The number of benzene rings is 10. The van der Waals surface area contributed by atoms with E-state index in [-0.39, 0.29) is 0 Å². The standard InChI is InChI=1S/C62H35N5O/c1-64-51-32-38(37-63)33-58(61(51)67-54-28-24-41(39-14-4-2-5-15-39)34-48(54)49-35-42(25-29-55(49)67)40-16-6-3-7-17-40)66-56-30-26-43(65-52-21-11-8-18-44(52)45-19-9-12-22-53(45)65)36-50(56)60-57(66)31-27-47-46-20-10-13-23-59(46)68-62(47)60/h2-36H. The molecule has 14 aromatic rings. The Hall–Kier alpha value is -9.62. The van der Waals surface area contributed by atoms with Crippen LogP contribution in [0.15, 0.2) is 217 Å². The van der Waals surface area contributed by atoms with Crippen LogP contribution >= 0.6 is 0 Å². The van der Waals surface area contributed by atoms with Gasteiger partial charge in [-0.1, -0.05) is 127 Å². The topological polar surface area (TPSA) is 56.1 Å². The number of fused-ring (bicyclic) bond motifs is 13. The van der Waals surface area contributed by atoms with Gasteiger partial charge in [-0.25, -0.2) is 4.85 Å². The van der Waals surface area contributed by atoms with Gasteiger partial charge in [-0.3, -0.25) is 0 Å². The third kappa shape index (κ3) is 5.37. The molecule has 0 aliphatic rings. The van der Waals surface area contributed by atoms with Gasteiger partial charge >= 0.3 is 0 Å². The Morgan fingerprint density at radius 2 is 0.956 bits per heavy atom. The molecule has 0 N–H and O–H groups in total. The third-order valence-corrected chi connectivity index (χ3v) is 13.9. The molecule has 6 heteroatoms. The van der Waals surface area contributed by atoms with Crippen LogP contribution in [-0.2, 0) is 0 Å². The molecule has 4 heterocycles. The first kappa shape index (κ1) is 37.7. The molecule has 0 radical (unpaired) electrons. The maximum Gasteiger partial charge on any atom is 0.214 e. The number of hydrogen-bond donors (Lipinski definition) is 0. The highest BCUT2D eigenvalue weighted by Crippen LogP contribution is 2.47. The van der Waals surface area contributed by atoms with Gasteiger partial charge in [0.1, 0.15) is 11.2 Å². The Labute approximate surface area is 389 Å². The monoisotopic (exact) mass is 865 g/mol. The Bertz CT molecular complexity index is 4360. The summed E-state index contributed by atoms with van der Waals surface area (Å²) >= 11 is 0. The van der Waals surface area contributed by atoms with Gasteiger partial charge in [0.05, 0.1) is 62.5 Å². The van der Waals surface area contributed by atoms with E-state index < -0.39 is 0 Å². The SMILES string of the molecule is [C-]#[N+]c1cc(C#N)cc(-n2c3ccc(-n4c5ccccc5c5ccccc54)cc3c3c4oc5ccccc5c4ccc32)c1-n1c2ccc(-c3ccccc3)cc2c2cc(-c3ccccc3)ccc21. The maximum atomic E-state index is 10.7. The minimum Gasteiger partial charge on any atom is -0.455 e. The number of furan rings is 1. The van der Waals surface area contributed by atoms with Crippen LogP contribution in [-0.4, -0.2) is 13.7 Å². The molecule has 4 aromatic heterocycles. The van der Waals surface area contributed by atoms with Crippen LogP contribution in [0.4, 0.5) is 5.69 Å². The Kier molecular flexibility index (Phi) is 8.01. The van der Waals surface area contributed by atoms with Gasteiger partial charge in [0.2, 0.25) is 5.69 Å². The molecule has 0 amide bonds. The molecule has 0 bridgehead atoms. The zero-order valence-electron chi connectivity index (χ0n) is 36.4. The first-order chi connectivity index (χ1) is 33.6. The molecule has 68 heavy (non-hydrogen) atoms. The van der Waals surface area contributed by atoms with Crippen LogP contribution in [0.25, 0.3) is 132 Å². The number of nitrogens with zero attached hydrogens (tertiary/aromatic N) is 5. The summed E-state index contributed by atoms with van der Waals surface area (Å²) in [5, 5.41) is 19.2. The van der Waals surface area contributed by atoms with Crippen molar-refractivity contribution >= 4 is 93.0 Å². The van der Waals surface area contributed by atoms with Crippen molar-refractivity contribution < 1.29 is 4.42 Å². The molecule has 0 saturated heterocycles. The van der Waals surface area contributed by atoms with Crippen molar-refractivity contribution in [3.8, 4) is 45.4 Å². The van der Waals surface area contributed by atoms with E-state index in [1.54, 1.807) is 6.07 Å².